The van der Waals surface area contributed by atoms with Gasteiger partial charge in [0, 0.05) is 11.8 Å². The number of rotatable bonds is 2. The first-order chi connectivity index (χ1) is 9.28. The largest absolute Gasteiger partial charge is 0.311 e. The maximum absolute atomic E-state index is 11.6. The summed E-state index contributed by atoms with van der Waals surface area (Å²) in [6.45, 7) is 2.13. The molecule has 19 heavy (non-hydrogen) atoms. The van der Waals surface area contributed by atoms with Crippen molar-refractivity contribution in [2.75, 3.05) is 0 Å². The van der Waals surface area contributed by atoms with Crippen LogP contribution in [0.25, 0.3) is 22.2 Å². The van der Waals surface area contributed by atoms with Crippen LogP contribution in [0, 0.1) is 0 Å². The Hall–Kier alpha value is -2.49. The van der Waals surface area contributed by atoms with Crippen LogP contribution in [0.2, 0.25) is 0 Å². The number of hydrogen-bond donors (Lipinski definition) is 1. The van der Waals surface area contributed by atoms with Crippen LogP contribution < -0.4 is 5.56 Å². The van der Waals surface area contributed by atoms with Crippen molar-refractivity contribution >= 4 is 11.0 Å². The smallest absolute Gasteiger partial charge is 0.277 e. The van der Waals surface area contributed by atoms with Gasteiger partial charge in [0.1, 0.15) is 0 Å². The van der Waals surface area contributed by atoms with Crippen molar-refractivity contribution < 1.29 is 0 Å². The number of aromatic nitrogens is 3. The Morgan fingerprint density at radius 2 is 1.89 bits per heavy atom. The zero-order valence-electron chi connectivity index (χ0n) is 10.6. The summed E-state index contributed by atoms with van der Waals surface area (Å²) < 4.78 is 0. The Morgan fingerprint density at radius 3 is 2.63 bits per heavy atom. The molecule has 4 nitrogen and oxygen atoms in total. The SMILES string of the molecule is CCc1ccc(-c2cnc3c(=O)[nH]cnc3c2)cc1. The Bertz CT molecular complexity index is 775. The van der Waals surface area contributed by atoms with Gasteiger partial charge in [0.2, 0.25) is 0 Å². The molecule has 3 aromatic rings. The molecule has 0 fully saturated rings. The quantitative estimate of drug-likeness (QED) is 0.761. The summed E-state index contributed by atoms with van der Waals surface area (Å²) in [5.74, 6) is 0. The van der Waals surface area contributed by atoms with Crippen LogP contribution in [0.15, 0.2) is 47.7 Å². The van der Waals surface area contributed by atoms with E-state index in [0.29, 0.717) is 11.0 Å². The average molecular weight is 251 g/mol. The molecule has 1 aromatic carbocycles. The summed E-state index contributed by atoms with van der Waals surface area (Å²) in [6.07, 6.45) is 4.13. The monoisotopic (exact) mass is 251 g/mol. The zero-order valence-corrected chi connectivity index (χ0v) is 10.6. The third-order valence-electron chi connectivity index (χ3n) is 3.18. The van der Waals surface area contributed by atoms with Crippen LogP contribution in [0.1, 0.15) is 12.5 Å². The van der Waals surface area contributed by atoms with Gasteiger partial charge < -0.3 is 4.98 Å². The molecule has 94 valence electrons. The van der Waals surface area contributed by atoms with Gasteiger partial charge in [0.25, 0.3) is 5.56 Å². The van der Waals surface area contributed by atoms with Gasteiger partial charge in [-0.15, -0.1) is 0 Å². The van der Waals surface area contributed by atoms with Crippen LogP contribution in [0.4, 0.5) is 0 Å². The topological polar surface area (TPSA) is 58.6 Å². The molecular formula is C15H13N3O. The Balaban J connectivity index is 2.12. The van der Waals surface area contributed by atoms with Crippen molar-refractivity contribution in [1.82, 2.24) is 15.0 Å². The molecule has 0 aliphatic heterocycles. The van der Waals surface area contributed by atoms with Gasteiger partial charge in [-0.2, -0.15) is 0 Å². The van der Waals surface area contributed by atoms with Crippen molar-refractivity contribution in [1.29, 1.82) is 0 Å². The number of nitrogens with one attached hydrogen (secondary N) is 1. The molecule has 0 radical (unpaired) electrons. The summed E-state index contributed by atoms with van der Waals surface area (Å²) in [7, 11) is 0. The van der Waals surface area contributed by atoms with Crippen molar-refractivity contribution in [3.8, 4) is 11.1 Å². The van der Waals surface area contributed by atoms with Crippen LogP contribution in [0.3, 0.4) is 0 Å². The molecule has 0 aliphatic rings. The molecule has 0 saturated heterocycles. The Morgan fingerprint density at radius 1 is 1.11 bits per heavy atom. The van der Waals surface area contributed by atoms with Crippen molar-refractivity contribution in [2.45, 2.75) is 13.3 Å². The highest BCUT2D eigenvalue weighted by Gasteiger charge is 2.04. The fourth-order valence-electron chi connectivity index (χ4n) is 2.05. The second kappa shape index (κ2) is 4.65. The molecule has 0 spiro atoms. The van der Waals surface area contributed by atoms with E-state index in [1.54, 1.807) is 6.20 Å². The van der Waals surface area contributed by atoms with E-state index < -0.39 is 0 Å². The number of fused-ring (bicyclic) bond motifs is 1. The first-order valence-electron chi connectivity index (χ1n) is 6.20. The van der Waals surface area contributed by atoms with E-state index in [9.17, 15) is 4.79 Å². The Kier molecular flexibility index (Phi) is 2.83. The van der Waals surface area contributed by atoms with Gasteiger partial charge in [-0.25, -0.2) is 9.97 Å². The van der Waals surface area contributed by atoms with Gasteiger partial charge in [-0.1, -0.05) is 31.2 Å². The van der Waals surface area contributed by atoms with E-state index in [0.717, 1.165) is 17.5 Å². The minimum absolute atomic E-state index is 0.210. The lowest BCUT2D eigenvalue weighted by Gasteiger charge is -2.03. The number of benzene rings is 1. The predicted octanol–water partition coefficient (Wildman–Crippen LogP) is 2.55. The fourth-order valence-corrected chi connectivity index (χ4v) is 2.05. The highest BCUT2D eigenvalue weighted by atomic mass is 16.1. The highest BCUT2D eigenvalue weighted by molar-refractivity contribution is 5.79. The molecule has 0 bridgehead atoms. The minimum atomic E-state index is -0.210. The zero-order chi connectivity index (χ0) is 13.2. The van der Waals surface area contributed by atoms with Crippen LogP contribution >= 0.6 is 0 Å². The van der Waals surface area contributed by atoms with E-state index in [1.165, 1.54) is 11.9 Å². The van der Waals surface area contributed by atoms with Crippen molar-refractivity contribution in [3.63, 3.8) is 0 Å². The molecule has 4 heteroatoms. The maximum Gasteiger partial charge on any atom is 0.277 e. The van der Waals surface area contributed by atoms with Crippen molar-refractivity contribution in [3.05, 3.63) is 58.8 Å². The molecule has 2 heterocycles. The number of aryl methyl sites for hydroxylation is 1. The molecule has 3 rings (SSSR count). The van der Waals surface area contributed by atoms with Crippen molar-refractivity contribution in [2.24, 2.45) is 0 Å². The molecule has 0 atom stereocenters. The number of nitrogens with zero attached hydrogens (tertiary/aromatic N) is 2. The standard InChI is InChI=1S/C15H13N3O/c1-2-10-3-5-11(6-4-10)12-7-13-14(16-8-12)15(19)18-9-17-13/h3-9H,2H2,1H3,(H,17,18,19). The van der Waals surface area contributed by atoms with Crippen LogP contribution in [-0.2, 0) is 6.42 Å². The van der Waals surface area contributed by atoms with E-state index in [1.807, 2.05) is 6.07 Å². The fraction of sp³-hybridized carbons (Fsp3) is 0.133. The number of pyridine rings is 1. The van der Waals surface area contributed by atoms with E-state index in [2.05, 4.69) is 46.1 Å². The summed E-state index contributed by atoms with van der Waals surface area (Å²) in [4.78, 5) is 22.4. The van der Waals surface area contributed by atoms with Gasteiger partial charge in [0.05, 0.1) is 11.8 Å². The summed E-state index contributed by atoms with van der Waals surface area (Å²) >= 11 is 0. The number of aromatic amines is 1. The predicted molar refractivity (Wildman–Crippen MR) is 75.0 cm³/mol. The molecule has 0 amide bonds. The summed E-state index contributed by atoms with van der Waals surface area (Å²) in [5, 5.41) is 0. The molecular weight excluding hydrogens is 238 g/mol. The van der Waals surface area contributed by atoms with E-state index in [4.69, 9.17) is 0 Å². The lowest BCUT2D eigenvalue weighted by atomic mass is 10.0. The van der Waals surface area contributed by atoms with E-state index >= 15 is 0 Å². The third kappa shape index (κ3) is 2.12. The average Bonchev–Trinajstić information content (AvgIpc) is 2.47. The van der Waals surface area contributed by atoms with Gasteiger partial charge in [-0.05, 0) is 23.6 Å². The minimum Gasteiger partial charge on any atom is -0.311 e. The van der Waals surface area contributed by atoms with E-state index in [-0.39, 0.29) is 5.56 Å². The van der Waals surface area contributed by atoms with Crippen LogP contribution in [0.5, 0.6) is 0 Å². The molecule has 0 saturated carbocycles. The van der Waals surface area contributed by atoms with Gasteiger partial charge in [-0.3, -0.25) is 4.79 Å². The molecule has 0 unspecified atom stereocenters. The number of hydrogen-bond acceptors (Lipinski definition) is 3. The van der Waals surface area contributed by atoms with Gasteiger partial charge >= 0.3 is 0 Å². The molecule has 2 aromatic heterocycles. The lowest BCUT2D eigenvalue weighted by molar-refractivity contribution is 1.14. The molecule has 0 aliphatic carbocycles. The lowest BCUT2D eigenvalue weighted by Crippen LogP contribution is -2.07. The summed E-state index contributed by atoms with van der Waals surface area (Å²) in [5.41, 5.74) is 4.11. The second-order valence-corrected chi connectivity index (χ2v) is 4.37. The molecule has 1 N–H and O–H groups in total. The third-order valence-corrected chi connectivity index (χ3v) is 3.18. The highest BCUT2D eigenvalue weighted by Crippen LogP contribution is 2.21. The normalized spacial score (nSPS) is 10.8. The maximum atomic E-state index is 11.6. The Labute approximate surface area is 110 Å². The van der Waals surface area contributed by atoms with Crippen LogP contribution in [-0.4, -0.2) is 15.0 Å². The first-order valence-corrected chi connectivity index (χ1v) is 6.20. The first kappa shape index (κ1) is 11.6. The number of H-pyrrole nitrogens is 1. The summed E-state index contributed by atoms with van der Waals surface area (Å²) in [6, 6.07) is 10.2. The van der Waals surface area contributed by atoms with Gasteiger partial charge in [0.15, 0.2) is 5.52 Å². The second-order valence-electron chi connectivity index (χ2n) is 4.37.